The van der Waals surface area contributed by atoms with Gasteiger partial charge < -0.3 is 20.8 Å². The lowest BCUT2D eigenvalue weighted by molar-refractivity contribution is -0.373. The number of hydrogen-bond donors (Lipinski definition) is 3. The van der Waals surface area contributed by atoms with Gasteiger partial charge in [0.25, 0.3) is 5.60 Å². The highest BCUT2D eigenvalue weighted by Gasteiger charge is 2.71. The smallest absolute Gasteiger partial charge is 0.412 e. The molecule has 21 heavy (non-hydrogen) atoms. The van der Waals surface area contributed by atoms with Gasteiger partial charge in [-0.05, 0) is 37.0 Å². The minimum Gasteiger partial charge on any atom is -0.412 e. The van der Waals surface area contributed by atoms with Gasteiger partial charge in [0.15, 0.2) is 0 Å². The molecule has 0 amide bonds. The first-order valence-electron chi connectivity index (χ1n) is 6.10. The molecule has 126 valence electrons. The van der Waals surface area contributed by atoms with Crippen molar-refractivity contribution in [2.45, 2.75) is 49.4 Å². The molecule has 2 bridgehead atoms. The van der Waals surface area contributed by atoms with E-state index in [4.69, 9.17) is 5.11 Å². The van der Waals surface area contributed by atoms with Gasteiger partial charge in [-0.15, -0.1) is 0 Å². The molecule has 2 saturated carbocycles. The summed E-state index contributed by atoms with van der Waals surface area (Å²) >= 11 is 0. The summed E-state index contributed by atoms with van der Waals surface area (Å²) in [6.07, 6.45) is -15.5. The van der Waals surface area contributed by atoms with Crippen molar-refractivity contribution in [2.24, 2.45) is 17.8 Å². The van der Waals surface area contributed by atoms with Gasteiger partial charge in [-0.3, -0.25) is 0 Å². The van der Waals surface area contributed by atoms with Crippen LogP contribution in [-0.2, 0) is 0 Å². The van der Waals surface area contributed by atoms with E-state index < -0.39 is 54.3 Å². The molecule has 0 saturated heterocycles. The van der Waals surface area contributed by atoms with Crippen LogP contribution in [0.15, 0.2) is 0 Å². The van der Waals surface area contributed by atoms with Gasteiger partial charge in [-0.2, -0.15) is 26.3 Å². The maximum atomic E-state index is 12.6. The van der Waals surface area contributed by atoms with Gasteiger partial charge in [0.05, 0.1) is 12.2 Å². The molecule has 0 aliphatic heterocycles. The van der Waals surface area contributed by atoms with E-state index >= 15 is 0 Å². The molecule has 0 aromatic heterocycles. The molecule has 10 heteroatoms. The fraction of sp³-hybridized carbons (Fsp3) is 1.00. The number of aliphatic hydroxyl groups is 3. The predicted molar refractivity (Wildman–Crippen MR) is 57.0 cm³/mol. The Kier molecular flexibility index (Phi) is 4.62. The lowest BCUT2D eigenvalue weighted by atomic mass is 9.77. The van der Waals surface area contributed by atoms with Crippen LogP contribution in [0.4, 0.5) is 26.3 Å². The van der Waals surface area contributed by atoms with Crippen LogP contribution in [0, 0.1) is 17.8 Å². The van der Waals surface area contributed by atoms with Crippen molar-refractivity contribution < 1.29 is 47.1 Å². The van der Waals surface area contributed by atoms with Crippen LogP contribution >= 0.6 is 0 Å². The summed E-state index contributed by atoms with van der Waals surface area (Å²) in [7, 11) is 0. The van der Waals surface area contributed by atoms with Gasteiger partial charge in [0.2, 0.25) is 0 Å². The molecular weight excluding hydrogens is 310 g/mol. The molecule has 4 nitrogen and oxygen atoms in total. The molecular formula is C11H16F6O4. The first-order chi connectivity index (χ1) is 8.88. The molecule has 0 spiro atoms. The number of alkyl halides is 6. The lowest BCUT2D eigenvalue weighted by Gasteiger charge is -2.38. The second-order valence-corrected chi connectivity index (χ2v) is 5.70. The van der Waals surface area contributed by atoms with E-state index in [0.717, 1.165) is 0 Å². The topological polar surface area (TPSA) is 92.2 Å². The number of hydrogen-bond acceptors (Lipinski definition) is 3. The van der Waals surface area contributed by atoms with E-state index in [1.165, 1.54) is 0 Å². The number of fused-ring (bicyclic) bond motifs is 2. The quantitative estimate of drug-likeness (QED) is 0.655. The molecule has 0 aromatic rings. The predicted octanol–water partition coefficient (Wildman–Crippen LogP) is 0.785. The van der Waals surface area contributed by atoms with Crippen molar-refractivity contribution in [3.05, 3.63) is 0 Å². The summed E-state index contributed by atoms with van der Waals surface area (Å²) in [6.45, 7) is 0. The third-order valence-corrected chi connectivity index (χ3v) is 4.55. The van der Waals surface area contributed by atoms with Crippen LogP contribution < -0.4 is 0 Å². The van der Waals surface area contributed by atoms with Crippen molar-refractivity contribution in [1.29, 1.82) is 0 Å². The standard InChI is InChI=1S/C11H14F6O3.H2O/c12-10(13,14)9(20,11(15,16)17)3-5-1-4-2-6(5)8(19)7(4)18;/h4-8,18-20H,1-3H2;1H2/t4-,5-,6-,7+,8+;/m1./s1. The van der Waals surface area contributed by atoms with Gasteiger partial charge in [-0.25, -0.2) is 0 Å². The molecule has 5 N–H and O–H groups in total. The van der Waals surface area contributed by atoms with Crippen LogP contribution in [-0.4, -0.2) is 51.0 Å². The van der Waals surface area contributed by atoms with Gasteiger partial charge in [-0.1, -0.05) is 0 Å². The molecule has 0 aromatic carbocycles. The van der Waals surface area contributed by atoms with E-state index in [0.29, 0.717) is 0 Å². The lowest BCUT2D eigenvalue weighted by Crippen LogP contribution is -2.58. The molecule has 2 aliphatic carbocycles. The van der Waals surface area contributed by atoms with E-state index in [1.54, 1.807) is 0 Å². The Morgan fingerprint density at radius 3 is 1.67 bits per heavy atom. The van der Waals surface area contributed by atoms with Crippen molar-refractivity contribution in [1.82, 2.24) is 0 Å². The van der Waals surface area contributed by atoms with E-state index in [-0.39, 0.29) is 18.3 Å². The molecule has 2 aliphatic rings. The van der Waals surface area contributed by atoms with Crippen molar-refractivity contribution >= 4 is 0 Å². The highest BCUT2D eigenvalue weighted by atomic mass is 19.4. The van der Waals surface area contributed by atoms with Crippen LogP contribution in [0.5, 0.6) is 0 Å². The maximum Gasteiger partial charge on any atom is 0.426 e. The Hall–Kier alpha value is -0.580. The monoisotopic (exact) mass is 326 g/mol. The summed E-state index contributed by atoms with van der Waals surface area (Å²) in [5.74, 6) is -2.47. The third-order valence-electron chi connectivity index (χ3n) is 4.55. The Labute approximate surface area is 115 Å². The Morgan fingerprint density at radius 2 is 1.33 bits per heavy atom. The summed E-state index contributed by atoms with van der Waals surface area (Å²) in [4.78, 5) is 0. The summed E-state index contributed by atoms with van der Waals surface area (Å²) in [5, 5.41) is 28.2. The fourth-order valence-electron chi connectivity index (χ4n) is 3.44. The molecule has 5 atom stereocenters. The summed E-state index contributed by atoms with van der Waals surface area (Å²) in [6, 6.07) is 0. The number of aliphatic hydroxyl groups excluding tert-OH is 2. The Morgan fingerprint density at radius 1 is 0.857 bits per heavy atom. The minimum atomic E-state index is -5.84. The molecule has 2 rings (SSSR count). The second-order valence-electron chi connectivity index (χ2n) is 5.70. The van der Waals surface area contributed by atoms with Crippen molar-refractivity contribution in [2.75, 3.05) is 0 Å². The van der Waals surface area contributed by atoms with Crippen LogP contribution in [0.25, 0.3) is 0 Å². The molecule has 0 unspecified atom stereocenters. The average Bonchev–Trinajstić information content (AvgIpc) is 2.77. The largest absolute Gasteiger partial charge is 0.426 e. The highest BCUT2D eigenvalue weighted by molar-refractivity contribution is 5.05. The first kappa shape index (κ1) is 18.5. The van der Waals surface area contributed by atoms with E-state index in [9.17, 15) is 36.6 Å². The summed E-state index contributed by atoms with van der Waals surface area (Å²) < 4.78 is 75.5. The van der Waals surface area contributed by atoms with Gasteiger partial charge >= 0.3 is 12.4 Å². The zero-order valence-corrected chi connectivity index (χ0v) is 10.6. The van der Waals surface area contributed by atoms with Gasteiger partial charge in [0, 0.05) is 0 Å². The minimum absolute atomic E-state index is 0. The van der Waals surface area contributed by atoms with E-state index in [1.807, 2.05) is 0 Å². The van der Waals surface area contributed by atoms with Crippen LogP contribution in [0.3, 0.4) is 0 Å². The Bertz CT molecular complexity index is 366. The highest BCUT2D eigenvalue weighted by Crippen LogP contribution is 2.55. The number of rotatable bonds is 2. The fourth-order valence-corrected chi connectivity index (χ4v) is 3.44. The number of halogens is 6. The van der Waals surface area contributed by atoms with Crippen molar-refractivity contribution in [3.8, 4) is 0 Å². The molecule has 2 fully saturated rings. The first-order valence-corrected chi connectivity index (χ1v) is 6.10. The van der Waals surface area contributed by atoms with Crippen LogP contribution in [0.1, 0.15) is 19.3 Å². The molecule has 0 radical (unpaired) electrons. The Balaban J connectivity index is 0.00000220. The van der Waals surface area contributed by atoms with Crippen molar-refractivity contribution in [3.63, 3.8) is 0 Å². The second kappa shape index (κ2) is 5.25. The third kappa shape index (κ3) is 2.73. The summed E-state index contributed by atoms with van der Waals surface area (Å²) in [5.41, 5.74) is -4.78. The zero-order chi connectivity index (χ0) is 15.5. The van der Waals surface area contributed by atoms with Crippen LogP contribution in [0.2, 0.25) is 0 Å². The maximum absolute atomic E-state index is 12.6. The normalized spacial score (nSPS) is 36.7. The van der Waals surface area contributed by atoms with Gasteiger partial charge in [0.1, 0.15) is 0 Å². The molecule has 0 heterocycles. The zero-order valence-electron chi connectivity index (χ0n) is 10.6. The SMILES string of the molecule is O.O[C@@H]1[C@@H](O)[C@@H]2C[C@H](CC(O)(C(F)(F)F)C(F)(F)F)[C@H]1C2. The average molecular weight is 326 g/mol. The van der Waals surface area contributed by atoms with E-state index in [2.05, 4.69) is 0 Å².